The summed E-state index contributed by atoms with van der Waals surface area (Å²) in [6.45, 7) is 3.18. The molecule has 0 bridgehead atoms. The molecule has 116 valence electrons. The first-order valence-corrected chi connectivity index (χ1v) is 8.06. The van der Waals surface area contributed by atoms with Crippen LogP contribution in [0.4, 0.5) is 0 Å². The summed E-state index contributed by atoms with van der Waals surface area (Å²) in [5.74, 6) is -1.32. The predicted octanol–water partition coefficient (Wildman–Crippen LogP) is 0.960. The van der Waals surface area contributed by atoms with Crippen molar-refractivity contribution in [3.05, 3.63) is 34.9 Å². The standard InChI is InChI=1S/C14H19NO5S/c1-9-6-11(14(15)17)4-5-12(9)8-21(18,19)10(2)7-13(16)20-3/h4-6,10H,7-8H2,1-3H3,(H2,15,17). The van der Waals surface area contributed by atoms with Gasteiger partial charge in [-0.3, -0.25) is 9.59 Å². The summed E-state index contributed by atoms with van der Waals surface area (Å²) in [6.07, 6.45) is -0.183. The number of rotatable bonds is 6. The summed E-state index contributed by atoms with van der Waals surface area (Å²) in [6, 6.07) is 4.61. The van der Waals surface area contributed by atoms with E-state index >= 15 is 0 Å². The van der Waals surface area contributed by atoms with Crippen molar-refractivity contribution in [1.29, 1.82) is 0 Å². The molecule has 0 fully saturated rings. The molecule has 1 aromatic carbocycles. The molecule has 0 aliphatic carbocycles. The molecule has 0 radical (unpaired) electrons. The molecule has 0 heterocycles. The van der Waals surface area contributed by atoms with Crippen LogP contribution in [-0.2, 0) is 25.1 Å². The molecule has 1 aromatic rings. The van der Waals surface area contributed by atoms with Crippen LogP contribution in [0.25, 0.3) is 0 Å². The van der Waals surface area contributed by atoms with Crippen LogP contribution < -0.4 is 5.73 Å². The van der Waals surface area contributed by atoms with E-state index in [4.69, 9.17) is 5.73 Å². The van der Waals surface area contributed by atoms with Crippen molar-refractivity contribution in [2.75, 3.05) is 7.11 Å². The lowest BCUT2D eigenvalue weighted by Gasteiger charge is -2.13. The molecule has 0 saturated carbocycles. The molecule has 1 atom stereocenters. The van der Waals surface area contributed by atoms with E-state index in [2.05, 4.69) is 4.74 Å². The van der Waals surface area contributed by atoms with E-state index < -0.39 is 27.0 Å². The molecule has 0 saturated heterocycles. The number of nitrogens with two attached hydrogens (primary N) is 1. The van der Waals surface area contributed by atoms with E-state index in [0.717, 1.165) is 0 Å². The second-order valence-corrected chi connectivity index (χ2v) is 7.32. The van der Waals surface area contributed by atoms with Crippen LogP contribution in [0.5, 0.6) is 0 Å². The fourth-order valence-electron chi connectivity index (χ4n) is 1.82. The van der Waals surface area contributed by atoms with Gasteiger partial charge in [0.2, 0.25) is 5.91 Å². The maximum absolute atomic E-state index is 12.2. The summed E-state index contributed by atoms with van der Waals surface area (Å²) in [5.41, 5.74) is 6.75. The smallest absolute Gasteiger partial charge is 0.306 e. The largest absolute Gasteiger partial charge is 0.469 e. The normalized spacial score (nSPS) is 12.7. The van der Waals surface area contributed by atoms with Gasteiger partial charge in [0.15, 0.2) is 9.84 Å². The Morgan fingerprint density at radius 3 is 2.43 bits per heavy atom. The van der Waals surface area contributed by atoms with Crippen molar-refractivity contribution in [1.82, 2.24) is 0 Å². The highest BCUT2D eigenvalue weighted by atomic mass is 32.2. The monoisotopic (exact) mass is 313 g/mol. The predicted molar refractivity (Wildman–Crippen MR) is 78.4 cm³/mol. The lowest BCUT2D eigenvalue weighted by molar-refractivity contribution is -0.140. The van der Waals surface area contributed by atoms with Gasteiger partial charge in [-0.25, -0.2) is 8.42 Å². The van der Waals surface area contributed by atoms with Gasteiger partial charge in [0.05, 0.1) is 24.5 Å². The van der Waals surface area contributed by atoms with Gasteiger partial charge in [0.25, 0.3) is 0 Å². The Hall–Kier alpha value is -1.89. The molecule has 6 nitrogen and oxygen atoms in total. The minimum absolute atomic E-state index is 0.183. The Balaban J connectivity index is 2.94. The first kappa shape index (κ1) is 17.2. The minimum Gasteiger partial charge on any atom is -0.469 e. The molecule has 1 unspecified atom stereocenters. The topological polar surface area (TPSA) is 104 Å². The number of esters is 1. The molecule has 0 aromatic heterocycles. The van der Waals surface area contributed by atoms with Crippen LogP contribution in [-0.4, -0.2) is 32.7 Å². The van der Waals surface area contributed by atoms with Crippen LogP contribution in [0.2, 0.25) is 0 Å². The highest BCUT2D eigenvalue weighted by molar-refractivity contribution is 7.91. The van der Waals surface area contributed by atoms with E-state index in [-0.39, 0.29) is 12.2 Å². The number of amides is 1. The van der Waals surface area contributed by atoms with Crippen molar-refractivity contribution in [2.24, 2.45) is 5.73 Å². The quantitative estimate of drug-likeness (QED) is 0.788. The molecule has 21 heavy (non-hydrogen) atoms. The van der Waals surface area contributed by atoms with Crippen molar-refractivity contribution >= 4 is 21.7 Å². The van der Waals surface area contributed by atoms with Gasteiger partial charge in [-0.1, -0.05) is 6.07 Å². The minimum atomic E-state index is -3.49. The average molecular weight is 313 g/mol. The average Bonchev–Trinajstić information content (AvgIpc) is 2.40. The zero-order valence-corrected chi connectivity index (χ0v) is 13.1. The van der Waals surface area contributed by atoms with Gasteiger partial charge in [-0.05, 0) is 37.1 Å². The second kappa shape index (κ2) is 6.71. The summed E-state index contributed by atoms with van der Waals surface area (Å²) in [5, 5.41) is -0.833. The Morgan fingerprint density at radius 1 is 1.33 bits per heavy atom. The third kappa shape index (κ3) is 4.56. The third-order valence-corrected chi connectivity index (χ3v) is 5.38. The number of hydrogen-bond acceptors (Lipinski definition) is 5. The maximum Gasteiger partial charge on any atom is 0.306 e. The van der Waals surface area contributed by atoms with Crippen molar-refractivity contribution in [3.8, 4) is 0 Å². The number of carbonyl (C=O) groups excluding carboxylic acids is 2. The zero-order valence-electron chi connectivity index (χ0n) is 12.3. The van der Waals surface area contributed by atoms with Crippen LogP contribution in [0.1, 0.15) is 34.8 Å². The number of carbonyl (C=O) groups is 2. The Kier molecular flexibility index (Phi) is 5.48. The van der Waals surface area contributed by atoms with Crippen molar-refractivity contribution in [3.63, 3.8) is 0 Å². The molecule has 0 aliphatic rings. The number of benzene rings is 1. The third-order valence-electron chi connectivity index (χ3n) is 3.28. The fraction of sp³-hybridized carbons (Fsp3) is 0.429. The van der Waals surface area contributed by atoms with Crippen molar-refractivity contribution in [2.45, 2.75) is 31.3 Å². The number of ether oxygens (including phenoxy) is 1. The SMILES string of the molecule is COC(=O)CC(C)S(=O)(=O)Cc1ccc(C(N)=O)cc1C. The maximum atomic E-state index is 12.2. The van der Waals surface area contributed by atoms with Crippen molar-refractivity contribution < 1.29 is 22.7 Å². The Bertz CT molecular complexity index is 651. The molecular weight excluding hydrogens is 294 g/mol. The van der Waals surface area contributed by atoms with Gasteiger partial charge >= 0.3 is 5.97 Å². The molecule has 0 aliphatic heterocycles. The van der Waals surface area contributed by atoms with Gasteiger partial charge in [0.1, 0.15) is 0 Å². The Morgan fingerprint density at radius 2 is 1.95 bits per heavy atom. The number of primary amides is 1. The van der Waals surface area contributed by atoms with E-state index in [1.165, 1.54) is 20.1 Å². The fourth-order valence-corrected chi connectivity index (χ4v) is 3.25. The molecule has 1 amide bonds. The van der Waals surface area contributed by atoms with E-state index in [0.29, 0.717) is 16.7 Å². The van der Waals surface area contributed by atoms with Crippen LogP contribution in [0.15, 0.2) is 18.2 Å². The van der Waals surface area contributed by atoms with Gasteiger partial charge in [-0.2, -0.15) is 0 Å². The van der Waals surface area contributed by atoms with E-state index in [9.17, 15) is 18.0 Å². The number of sulfone groups is 1. The highest BCUT2D eigenvalue weighted by Crippen LogP contribution is 2.18. The van der Waals surface area contributed by atoms with Gasteiger partial charge < -0.3 is 10.5 Å². The molecule has 2 N–H and O–H groups in total. The molecule has 0 spiro atoms. The molecule has 1 rings (SSSR count). The number of hydrogen-bond donors (Lipinski definition) is 1. The summed E-state index contributed by atoms with van der Waals surface area (Å²) < 4.78 is 28.9. The molecule has 7 heteroatoms. The van der Waals surface area contributed by atoms with E-state index in [1.54, 1.807) is 19.1 Å². The second-order valence-electron chi connectivity index (χ2n) is 4.90. The van der Waals surface area contributed by atoms with Crippen LogP contribution >= 0.6 is 0 Å². The lowest BCUT2D eigenvalue weighted by atomic mass is 10.1. The number of aryl methyl sites for hydroxylation is 1. The highest BCUT2D eigenvalue weighted by Gasteiger charge is 2.25. The lowest BCUT2D eigenvalue weighted by Crippen LogP contribution is -2.24. The first-order chi connectivity index (χ1) is 9.67. The summed E-state index contributed by atoms with van der Waals surface area (Å²) in [7, 11) is -2.27. The van der Waals surface area contributed by atoms with Gasteiger partial charge in [0, 0.05) is 5.56 Å². The van der Waals surface area contributed by atoms with Gasteiger partial charge in [-0.15, -0.1) is 0 Å². The molecular formula is C14H19NO5S. The van der Waals surface area contributed by atoms with E-state index in [1.807, 2.05) is 0 Å². The first-order valence-electron chi connectivity index (χ1n) is 6.35. The number of methoxy groups -OCH3 is 1. The summed E-state index contributed by atoms with van der Waals surface area (Å²) >= 11 is 0. The van der Waals surface area contributed by atoms with Crippen LogP contribution in [0.3, 0.4) is 0 Å². The van der Waals surface area contributed by atoms with Crippen LogP contribution in [0, 0.1) is 6.92 Å². The zero-order chi connectivity index (χ0) is 16.2. The Labute approximate surface area is 124 Å². The summed E-state index contributed by atoms with van der Waals surface area (Å²) in [4.78, 5) is 22.2.